The smallest absolute Gasteiger partial charge is 0.339 e. The second-order valence-electron chi connectivity index (χ2n) is 3.59. The SMILES string of the molecule is COC(=O)c1cccc(NCc2cnc(Cl)s2)c1I. The summed E-state index contributed by atoms with van der Waals surface area (Å²) in [7, 11) is 1.37. The number of nitrogens with zero attached hydrogens (tertiary/aromatic N) is 1. The lowest BCUT2D eigenvalue weighted by Gasteiger charge is -2.10. The molecule has 0 saturated carbocycles. The highest BCUT2D eigenvalue weighted by molar-refractivity contribution is 14.1. The van der Waals surface area contributed by atoms with Gasteiger partial charge in [0.1, 0.15) is 0 Å². The maximum atomic E-state index is 11.6. The molecule has 0 spiro atoms. The van der Waals surface area contributed by atoms with Crippen molar-refractivity contribution in [2.75, 3.05) is 12.4 Å². The quantitative estimate of drug-likeness (QED) is 0.618. The number of carbonyl (C=O) groups is 1. The van der Waals surface area contributed by atoms with Crippen LogP contribution in [0, 0.1) is 3.57 Å². The third kappa shape index (κ3) is 3.58. The van der Waals surface area contributed by atoms with E-state index in [2.05, 4.69) is 32.9 Å². The lowest BCUT2D eigenvalue weighted by Crippen LogP contribution is -2.07. The number of hydrogen-bond acceptors (Lipinski definition) is 5. The average Bonchev–Trinajstić information content (AvgIpc) is 2.82. The minimum Gasteiger partial charge on any atom is -0.465 e. The molecule has 1 heterocycles. The fraction of sp³-hybridized carbons (Fsp3) is 0.167. The van der Waals surface area contributed by atoms with Crippen LogP contribution in [0.25, 0.3) is 0 Å². The molecule has 1 aromatic heterocycles. The normalized spacial score (nSPS) is 10.3. The Kier molecular flexibility index (Phi) is 5.00. The number of carbonyl (C=O) groups excluding carboxylic acids is 1. The van der Waals surface area contributed by atoms with E-state index in [-0.39, 0.29) is 5.97 Å². The highest BCUT2D eigenvalue weighted by atomic mass is 127. The Labute approximate surface area is 133 Å². The number of thiazole rings is 1. The molecule has 2 aromatic rings. The summed E-state index contributed by atoms with van der Waals surface area (Å²) in [5, 5.41) is 3.26. The van der Waals surface area contributed by atoms with Crippen molar-refractivity contribution in [2.45, 2.75) is 6.54 Å². The van der Waals surface area contributed by atoms with E-state index in [1.165, 1.54) is 18.4 Å². The van der Waals surface area contributed by atoms with Crippen LogP contribution in [0.2, 0.25) is 4.47 Å². The number of ether oxygens (including phenoxy) is 1. The first-order valence-electron chi connectivity index (χ1n) is 5.32. The number of methoxy groups -OCH3 is 1. The van der Waals surface area contributed by atoms with Crippen molar-refractivity contribution >= 4 is 57.2 Å². The Bertz CT molecular complexity index is 603. The van der Waals surface area contributed by atoms with Crippen LogP contribution in [-0.4, -0.2) is 18.1 Å². The van der Waals surface area contributed by atoms with Gasteiger partial charge in [-0.05, 0) is 34.7 Å². The van der Waals surface area contributed by atoms with E-state index in [4.69, 9.17) is 16.3 Å². The van der Waals surface area contributed by atoms with Crippen molar-refractivity contribution in [2.24, 2.45) is 0 Å². The summed E-state index contributed by atoms with van der Waals surface area (Å²) in [6.45, 7) is 0.616. The molecule has 0 aliphatic rings. The van der Waals surface area contributed by atoms with Gasteiger partial charge in [0.2, 0.25) is 0 Å². The molecule has 0 atom stereocenters. The first-order chi connectivity index (χ1) is 9.11. The molecular weight excluding hydrogens is 399 g/mol. The van der Waals surface area contributed by atoms with E-state index < -0.39 is 0 Å². The van der Waals surface area contributed by atoms with E-state index in [1.54, 1.807) is 12.3 Å². The largest absolute Gasteiger partial charge is 0.465 e. The Balaban J connectivity index is 2.14. The van der Waals surface area contributed by atoms with Crippen molar-refractivity contribution < 1.29 is 9.53 Å². The Morgan fingerprint density at radius 3 is 3.00 bits per heavy atom. The van der Waals surface area contributed by atoms with Gasteiger partial charge in [-0.3, -0.25) is 0 Å². The predicted molar refractivity (Wildman–Crippen MR) is 84.9 cm³/mol. The second kappa shape index (κ2) is 6.53. The number of nitrogens with one attached hydrogen (secondary N) is 1. The molecule has 19 heavy (non-hydrogen) atoms. The third-order valence-corrected chi connectivity index (χ3v) is 4.66. The van der Waals surface area contributed by atoms with Crippen molar-refractivity contribution in [3.05, 3.63) is 42.9 Å². The zero-order valence-electron chi connectivity index (χ0n) is 9.94. The van der Waals surface area contributed by atoms with Gasteiger partial charge in [-0.15, -0.1) is 11.3 Å². The zero-order valence-corrected chi connectivity index (χ0v) is 13.7. The molecule has 100 valence electrons. The molecule has 0 aliphatic carbocycles. The van der Waals surface area contributed by atoms with E-state index >= 15 is 0 Å². The van der Waals surface area contributed by atoms with E-state index in [9.17, 15) is 4.79 Å². The number of halogens is 2. The molecule has 0 radical (unpaired) electrons. The van der Waals surface area contributed by atoms with Gasteiger partial charge in [0.25, 0.3) is 0 Å². The van der Waals surface area contributed by atoms with Crippen molar-refractivity contribution in [1.29, 1.82) is 0 Å². The van der Waals surface area contributed by atoms with Gasteiger partial charge in [-0.2, -0.15) is 0 Å². The zero-order chi connectivity index (χ0) is 13.8. The first-order valence-corrected chi connectivity index (χ1v) is 7.60. The fourth-order valence-electron chi connectivity index (χ4n) is 1.48. The summed E-state index contributed by atoms with van der Waals surface area (Å²) >= 11 is 9.33. The van der Waals surface area contributed by atoms with Crippen molar-refractivity contribution in [1.82, 2.24) is 4.98 Å². The highest BCUT2D eigenvalue weighted by Crippen LogP contribution is 2.25. The van der Waals surface area contributed by atoms with E-state index in [0.29, 0.717) is 16.6 Å². The summed E-state index contributed by atoms with van der Waals surface area (Å²) in [4.78, 5) is 16.6. The van der Waals surface area contributed by atoms with Crippen LogP contribution in [0.15, 0.2) is 24.4 Å². The molecule has 1 aromatic carbocycles. The molecule has 0 fully saturated rings. The third-order valence-electron chi connectivity index (χ3n) is 2.38. The van der Waals surface area contributed by atoms with Gasteiger partial charge >= 0.3 is 5.97 Å². The summed E-state index contributed by atoms with van der Waals surface area (Å²) in [5.41, 5.74) is 1.43. The van der Waals surface area contributed by atoms with Crippen LogP contribution in [0.5, 0.6) is 0 Å². The van der Waals surface area contributed by atoms with Crippen LogP contribution in [0.3, 0.4) is 0 Å². The van der Waals surface area contributed by atoms with Gasteiger partial charge in [-0.1, -0.05) is 17.7 Å². The van der Waals surface area contributed by atoms with Crippen LogP contribution in [0.4, 0.5) is 5.69 Å². The standard InChI is InChI=1S/C12H10ClIN2O2S/c1-18-11(17)8-3-2-4-9(10(8)14)15-5-7-6-16-12(13)19-7/h2-4,6,15H,5H2,1H3. The second-order valence-corrected chi connectivity index (χ2v) is 6.37. The topological polar surface area (TPSA) is 51.2 Å². The minimum absolute atomic E-state index is 0.339. The maximum Gasteiger partial charge on any atom is 0.339 e. The molecule has 0 saturated heterocycles. The van der Waals surface area contributed by atoms with Gasteiger partial charge in [0.15, 0.2) is 4.47 Å². The number of aromatic nitrogens is 1. The number of anilines is 1. The summed E-state index contributed by atoms with van der Waals surface area (Å²) < 4.78 is 6.10. The fourth-order valence-corrected chi connectivity index (χ4v) is 3.17. The van der Waals surface area contributed by atoms with E-state index in [1.807, 2.05) is 12.1 Å². The van der Waals surface area contributed by atoms with Gasteiger partial charge in [-0.25, -0.2) is 9.78 Å². The molecule has 2 rings (SSSR count). The van der Waals surface area contributed by atoms with Crippen LogP contribution < -0.4 is 5.32 Å². The molecule has 0 unspecified atom stereocenters. The highest BCUT2D eigenvalue weighted by Gasteiger charge is 2.13. The Morgan fingerprint density at radius 2 is 2.37 bits per heavy atom. The minimum atomic E-state index is -0.339. The van der Waals surface area contributed by atoms with Crippen molar-refractivity contribution in [3.63, 3.8) is 0 Å². The molecule has 7 heteroatoms. The lowest BCUT2D eigenvalue weighted by molar-refractivity contribution is 0.0599. The summed E-state index contributed by atoms with van der Waals surface area (Å²) in [6, 6.07) is 5.47. The molecule has 1 N–H and O–H groups in total. The Hall–Kier alpha value is -0.860. The molecular formula is C12H10ClIN2O2S. The van der Waals surface area contributed by atoms with E-state index in [0.717, 1.165) is 14.1 Å². The van der Waals surface area contributed by atoms with Crippen LogP contribution in [0.1, 0.15) is 15.2 Å². The van der Waals surface area contributed by atoms with Crippen LogP contribution in [-0.2, 0) is 11.3 Å². The molecule has 0 bridgehead atoms. The lowest BCUT2D eigenvalue weighted by atomic mass is 10.2. The average molecular weight is 409 g/mol. The molecule has 0 amide bonds. The van der Waals surface area contributed by atoms with Gasteiger partial charge in [0.05, 0.1) is 22.8 Å². The maximum absolute atomic E-state index is 11.6. The van der Waals surface area contributed by atoms with Gasteiger partial charge in [0, 0.05) is 16.8 Å². The number of hydrogen-bond donors (Lipinski definition) is 1. The first kappa shape index (κ1) is 14.5. The number of rotatable bonds is 4. The Morgan fingerprint density at radius 1 is 1.58 bits per heavy atom. The number of esters is 1. The molecule has 4 nitrogen and oxygen atoms in total. The van der Waals surface area contributed by atoms with Crippen molar-refractivity contribution in [3.8, 4) is 0 Å². The summed E-state index contributed by atoms with van der Waals surface area (Å²) in [5.74, 6) is -0.339. The van der Waals surface area contributed by atoms with Crippen LogP contribution >= 0.6 is 45.5 Å². The van der Waals surface area contributed by atoms with Gasteiger partial charge < -0.3 is 10.1 Å². The molecule has 0 aliphatic heterocycles. The summed E-state index contributed by atoms with van der Waals surface area (Å²) in [6.07, 6.45) is 1.73. The predicted octanol–water partition coefficient (Wildman–Crippen LogP) is 3.80. The number of benzene rings is 1. The monoisotopic (exact) mass is 408 g/mol.